The summed E-state index contributed by atoms with van der Waals surface area (Å²) in [6.45, 7) is 18.1. The van der Waals surface area contributed by atoms with Crippen LogP contribution in [0.1, 0.15) is 95.6 Å². The zero-order valence-corrected chi connectivity index (χ0v) is 36.4. The Hall–Kier alpha value is -4.04. The molecular weight excluding hydrogens is 745 g/mol. The Labute approximate surface area is 350 Å². The normalized spacial score (nSPS) is 28.5. The summed E-state index contributed by atoms with van der Waals surface area (Å²) in [6.07, 6.45) is 6.59. The lowest BCUT2D eigenvalue weighted by Crippen LogP contribution is -2.62. The van der Waals surface area contributed by atoms with Crippen LogP contribution in [-0.4, -0.2) is 127 Å². The van der Waals surface area contributed by atoms with Crippen molar-refractivity contribution in [3.63, 3.8) is 0 Å². The minimum atomic E-state index is -0.719. The van der Waals surface area contributed by atoms with Gasteiger partial charge in [0.15, 0.2) is 0 Å². The number of likely N-dealkylation sites (N-methyl/N-ethyl adjacent to an activating group) is 1. The lowest BCUT2D eigenvalue weighted by atomic mass is 9.83. The zero-order valence-electron chi connectivity index (χ0n) is 36.4. The van der Waals surface area contributed by atoms with Crippen LogP contribution in [0, 0.1) is 17.3 Å². The highest BCUT2D eigenvalue weighted by atomic mass is 16.5. The molecule has 320 valence electrons. The highest BCUT2D eigenvalue weighted by Gasteiger charge is 2.42. The van der Waals surface area contributed by atoms with Gasteiger partial charge < -0.3 is 34.1 Å². The van der Waals surface area contributed by atoms with E-state index in [-0.39, 0.29) is 42.3 Å². The second-order valence-electron chi connectivity index (χ2n) is 18.9. The maximum atomic E-state index is 14.3. The number of amides is 2. The quantitative estimate of drug-likeness (QED) is 0.311. The van der Waals surface area contributed by atoms with Crippen molar-refractivity contribution in [3.05, 3.63) is 47.3 Å². The van der Waals surface area contributed by atoms with E-state index >= 15 is 0 Å². The van der Waals surface area contributed by atoms with Crippen LogP contribution < -0.4 is 15.6 Å². The molecule has 3 aromatic rings. The molecular formula is C46H66N8O5. The molecule has 6 heterocycles. The zero-order chi connectivity index (χ0) is 41.6. The molecule has 0 radical (unpaired) electrons. The van der Waals surface area contributed by atoms with Gasteiger partial charge in [0.2, 0.25) is 5.91 Å². The van der Waals surface area contributed by atoms with Gasteiger partial charge in [-0.25, -0.2) is 5.43 Å². The number of esters is 1. The van der Waals surface area contributed by atoms with Gasteiger partial charge in [-0.2, -0.15) is 0 Å². The third-order valence-corrected chi connectivity index (χ3v) is 13.8. The number of aromatic nitrogens is 2. The van der Waals surface area contributed by atoms with Crippen molar-refractivity contribution in [2.45, 2.75) is 104 Å². The van der Waals surface area contributed by atoms with E-state index in [4.69, 9.17) is 14.5 Å². The minimum Gasteiger partial charge on any atom is -0.464 e. The smallest absolute Gasteiger partial charge is 0.324 e. The lowest BCUT2D eigenvalue weighted by Gasteiger charge is -2.38. The first-order chi connectivity index (χ1) is 28.3. The van der Waals surface area contributed by atoms with Crippen molar-refractivity contribution in [3.8, 4) is 11.3 Å². The first-order valence-electron chi connectivity index (χ1n) is 22.2. The number of rotatable bonds is 7. The molecule has 2 N–H and O–H groups in total. The Bertz CT molecular complexity index is 2040. The molecule has 4 aliphatic heterocycles. The van der Waals surface area contributed by atoms with E-state index in [1.54, 1.807) is 12.1 Å². The van der Waals surface area contributed by atoms with Gasteiger partial charge in [-0.3, -0.25) is 24.4 Å². The van der Waals surface area contributed by atoms with Crippen molar-refractivity contribution < 1.29 is 23.9 Å². The van der Waals surface area contributed by atoms with Gasteiger partial charge in [0.05, 0.1) is 36.0 Å². The van der Waals surface area contributed by atoms with E-state index in [1.165, 1.54) is 22.0 Å². The summed E-state index contributed by atoms with van der Waals surface area (Å²) >= 11 is 0. The maximum Gasteiger partial charge on any atom is 0.324 e. The van der Waals surface area contributed by atoms with Crippen molar-refractivity contribution in [1.29, 1.82) is 0 Å². The number of piperazine rings is 1. The number of nitrogens with zero attached hydrogens (tertiary/aromatic N) is 6. The number of benzene rings is 1. The number of hydrogen-bond donors (Lipinski definition) is 2. The summed E-state index contributed by atoms with van der Waals surface area (Å²) in [4.78, 5) is 53.8. The molecule has 1 saturated carbocycles. The van der Waals surface area contributed by atoms with Crippen LogP contribution in [0.5, 0.6) is 0 Å². The number of carbonyl (C=O) groups excluding carboxylic acids is 3. The summed E-state index contributed by atoms with van der Waals surface area (Å²) in [5, 5.41) is 5.93. The van der Waals surface area contributed by atoms with Crippen LogP contribution >= 0.6 is 0 Å². The Balaban J connectivity index is 1.23. The Morgan fingerprint density at radius 2 is 1.83 bits per heavy atom. The molecule has 3 saturated heterocycles. The predicted octanol–water partition coefficient (Wildman–Crippen LogP) is 5.12. The first kappa shape index (κ1) is 41.7. The van der Waals surface area contributed by atoms with Gasteiger partial charge in [0, 0.05) is 87.3 Å². The number of pyridine rings is 1. The fourth-order valence-electron chi connectivity index (χ4n) is 9.94. The highest BCUT2D eigenvalue weighted by Crippen LogP contribution is 2.43. The standard InChI is InChI=1S/C46H66N8O5/c1-8-53-40-14-13-31-22-35(40)37(42(53)36-23-33(25-47-41(36)30(3)58-7)52-19-17-50(6)18-20-52)24-46(4,5)28-59-45(57)38-12-10-16-54(49-38)44(56)39(48-43(55)34-21-29(34)2)27-51-15-9-11-32(31)26-51/h13-14,22-23,25,29-30,32,34,38-39,49H,8-12,15-21,24,26-28H2,1-7H3,(H,48,55)/t29-,30-,32-,34-,38-,39-/m0/s1. The number of cyclic esters (lactones) is 1. The van der Waals surface area contributed by atoms with E-state index in [9.17, 15) is 14.4 Å². The largest absolute Gasteiger partial charge is 0.464 e. The van der Waals surface area contributed by atoms with E-state index < -0.39 is 17.5 Å². The predicted molar refractivity (Wildman–Crippen MR) is 230 cm³/mol. The van der Waals surface area contributed by atoms with E-state index in [1.807, 2.05) is 6.20 Å². The maximum absolute atomic E-state index is 14.3. The van der Waals surface area contributed by atoms with Crippen LogP contribution in [0.15, 0.2) is 30.5 Å². The molecule has 5 aliphatic rings. The number of hydrazine groups is 1. The Morgan fingerprint density at radius 3 is 2.56 bits per heavy atom. The fourth-order valence-corrected chi connectivity index (χ4v) is 9.94. The number of aryl methyl sites for hydroxylation is 1. The van der Waals surface area contributed by atoms with E-state index in [0.29, 0.717) is 38.3 Å². The third-order valence-electron chi connectivity index (χ3n) is 13.8. The van der Waals surface area contributed by atoms with Crippen molar-refractivity contribution in [1.82, 2.24) is 35.1 Å². The molecule has 2 aromatic heterocycles. The average molecular weight is 811 g/mol. The molecule has 6 bridgehead atoms. The molecule has 2 amide bonds. The average Bonchev–Trinajstić information content (AvgIpc) is 3.91. The molecule has 7 atom stereocenters. The number of ether oxygens (including phenoxy) is 2. The van der Waals surface area contributed by atoms with Crippen molar-refractivity contribution >= 4 is 34.4 Å². The van der Waals surface area contributed by atoms with Crippen molar-refractivity contribution in [2.75, 3.05) is 78.0 Å². The van der Waals surface area contributed by atoms with Crippen molar-refractivity contribution in [2.24, 2.45) is 17.3 Å². The molecule has 8 rings (SSSR count). The van der Waals surface area contributed by atoms with Gasteiger partial charge in [0.25, 0.3) is 5.91 Å². The summed E-state index contributed by atoms with van der Waals surface area (Å²) in [6, 6.07) is 7.98. The van der Waals surface area contributed by atoms with Gasteiger partial charge in [-0.05, 0) is 107 Å². The monoisotopic (exact) mass is 811 g/mol. The number of fused-ring (bicyclic) bond motifs is 6. The van der Waals surface area contributed by atoms with E-state index in [2.05, 4.69) is 95.9 Å². The summed E-state index contributed by atoms with van der Waals surface area (Å²) in [5.41, 5.74) is 10.7. The SMILES string of the molecule is CCn1c(-c2cc(N3CCN(C)CC3)cnc2[C@H](C)OC)c2c3cc(ccc31)[C@H]1CCCN(C1)C[C@H](NC(=O)[C@H]1C[C@@H]1C)C(=O)N1CCC[C@H](N1)C(=O)OCC(C)(C)C2. The Morgan fingerprint density at radius 1 is 1.07 bits per heavy atom. The molecule has 1 aromatic carbocycles. The lowest BCUT2D eigenvalue weighted by molar-refractivity contribution is -0.155. The number of methoxy groups -OCH3 is 1. The second-order valence-corrected chi connectivity index (χ2v) is 18.9. The molecule has 1 aliphatic carbocycles. The molecule has 4 fully saturated rings. The number of nitrogens with one attached hydrogen (secondary N) is 2. The highest BCUT2D eigenvalue weighted by molar-refractivity contribution is 5.94. The Kier molecular flexibility index (Phi) is 12.1. The number of hydrogen-bond acceptors (Lipinski definition) is 10. The van der Waals surface area contributed by atoms with Crippen LogP contribution in [0.2, 0.25) is 0 Å². The summed E-state index contributed by atoms with van der Waals surface area (Å²) in [7, 11) is 3.92. The van der Waals surface area contributed by atoms with Gasteiger partial charge in [-0.15, -0.1) is 0 Å². The number of piperidine rings is 1. The third kappa shape index (κ3) is 8.76. The van der Waals surface area contributed by atoms with Crippen LogP contribution in [0.4, 0.5) is 5.69 Å². The molecule has 1 unspecified atom stereocenters. The fraction of sp³-hybridized carbons (Fsp3) is 0.652. The van der Waals surface area contributed by atoms with Crippen LogP contribution in [0.25, 0.3) is 22.2 Å². The van der Waals surface area contributed by atoms with E-state index in [0.717, 1.165) is 87.7 Å². The topological polar surface area (TPSA) is 125 Å². The van der Waals surface area contributed by atoms with Gasteiger partial charge in [0.1, 0.15) is 12.1 Å². The molecule has 13 heteroatoms. The number of carbonyl (C=O) groups is 3. The summed E-state index contributed by atoms with van der Waals surface area (Å²) < 4.78 is 14.6. The molecule has 59 heavy (non-hydrogen) atoms. The second kappa shape index (κ2) is 17.1. The molecule has 13 nitrogen and oxygen atoms in total. The first-order valence-corrected chi connectivity index (χ1v) is 22.2. The van der Waals surface area contributed by atoms with Crippen LogP contribution in [-0.2, 0) is 36.8 Å². The minimum absolute atomic E-state index is 0.0505. The van der Waals surface area contributed by atoms with Gasteiger partial charge >= 0.3 is 5.97 Å². The van der Waals surface area contributed by atoms with Gasteiger partial charge in [-0.1, -0.05) is 26.8 Å². The molecule has 0 spiro atoms. The number of anilines is 1. The summed E-state index contributed by atoms with van der Waals surface area (Å²) in [5.74, 6) is -0.0628. The van der Waals surface area contributed by atoms with Crippen LogP contribution in [0.3, 0.4) is 0 Å².